The van der Waals surface area contributed by atoms with Gasteiger partial charge in [-0.05, 0) is 85.5 Å². The predicted octanol–water partition coefficient (Wildman–Crippen LogP) is 8.82. The number of hydrogen-bond donors (Lipinski definition) is 1. The summed E-state index contributed by atoms with van der Waals surface area (Å²) in [5, 5.41) is 19.4. The highest BCUT2D eigenvalue weighted by atomic mass is 32.1. The zero-order chi connectivity index (χ0) is 33.4. The molecule has 0 aliphatic rings. The maximum absolute atomic E-state index is 15.4. The Morgan fingerprint density at radius 3 is 2.48 bits per heavy atom. The van der Waals surface area contributed by atoms with E-state index in [9.17, 15) is 5.26 Å². The predicted molar refractivity (Wildman–Crippen MR) is 183 cm³/mol. The van der Waals surface area contributed by atoms with Crippen molar-refractivity contribution in [3.63, 3.8) is 0 Å². The molecule has 4 rings (SSSR count). The molecule has 11 heteroatoms. The number of hydrogen-bond acceptors (Lipinski definition) is 7. The summed E-state index contributed by atoms with van der Waals surface area (Å²) in [6, 6.07) is 12.5. The summed E-state index contributed by atoms with van der Waals surface area (Å²) >= 11 is 5.39. The number of aromatic nitrogens is 2. The summed E-state index contributed by atoms with van der Waals surface area (Å²) in [5.41, 5.74) is 2.61. The quantitative estimate of drug-likeness (QED) is 0.0727. The van der Waals surface area contributed by atoms with Gasteiger partial charge in [0.2, 0.25) is 0 Å². The molecule has 46 heavy (non-hydrogen) atoms. The van der Waals surface area contributed by atoms with Gasteiger partial charge in [-0.1, -0.05) is 37.9 Å². The second-order valence-electron chi connectivity index (χ2n) is 12.7. The highest BCUT2D eigenvalue weighted by Gasteiger charge is 2.22. The normalized spacial score (nSPS) is 11.7. The Labute approximate surface area is 275 Å². The number of aliphatic hydroxyl groups excluding tert-OH is 1. The van der Waals surface area contributed by atoms with E-state index in [-0.39, 0.29) is 31.6 Å². The molecule has 0 bridgehead atoms. The van der Waals surface area contributed by atoms with Crippen LogP contribution in [0.25, 0.3) is 22.2 Å². The number of benzene rings is 2. The van der Waals surface area contributed by atoms with Crippen LogP contribution in [0.2, 0.25) is 25.7 Å². The van der Waals surface area contributed by atoms with E-state index in [0.717, 1.165) is 6.04 Å². The highest BCUT2D eigenvalue weighted by molar-refractivity contribution is 7.80. The van der Waals surface area contributed by atoms with Crippen molar-refractivity contribution in [3.05, 3.63) is 71.6 Å². The van der Waals surface area contributed by atoms with Crippen molar-refractivity contribution in [2.45, 2.75) is 78.1 Å². The number of rotatable bonds is 16. The monoisotopic (exact) mass is 665 g/mol. The lowest BCUT2D eigenvalue weighted by atomic mass is 10.0. The Hall–Kier alpha value is -3.69. The van der Waals surface area contributed by atoms with Crippen LogP contribution in [0.5, 0.6) is 17.2 Å². The molecule has 0 aliphatic heterocycles. The van der Waals surface area contributed by atoms with E-state index in [2.05, 4.69) is 30.7 Å². The minimum atomic E-state index is -1.31. The first kappa shape index (κ1) is 35.2. The largest absolute Gasteiger partial charge is 0.490 e. The third-order valence-corrected chi connectivity index (χ3v) is 9.31. The van der Waals surface area contributed by atoms with Gasteiger partial charge in [-0.15, -0.1) is 0 Å². The standard InChI is InChI=1S/C35H41F2N3O4SSi/c1-23(2)43-31-10-9-25(19-26(31)20-38)28-21-40(22-42-14-15-46(3,4)5)35-33(28)32(11-12-39-35)44-34-29(36)17-24(18-30(34)37)16-27(45)8-6-7-13-41/h9-12,17-19,21,23,41H,6-8,13-16,22H2,1-5H3. The number of unbranched alkanes of at least 4 members (excludes halogenated alkanes) is 1. The Balaban J connectivity index is 1.74. The third kappa shape index (κ3) is 9.19. The molecule has 244 valence electrons. The van der Waals surface area contributed by atoms with E-state index < -0.39 is 25.5 Å². The van der Waals surface area contributed by atoms with Gasteiger partial charge in [-0.25, -0.2) is 13.8 Å². The zero-order valence-corrected chi connectivity index (χ0v) is 28.8. The molecule has 2 aromatic carbocycles. The van der Waals surface area contributed by atoms with Crippen LogP contribution < -0.4 is 9.47 Å². The fourth-order valence-electron chi connectivity index (χ4n) is 4.94. The fraction of sp³-hybridized carbons (Fsp3) is 0.400. The van der Waals surface area contributed by atoms with Crippen molar-refractivity contribution in [1.82, 2.24) is 9.55 Å². The molecular formula is C35H41F2N3O4SSi. The Morgan fingerprint density at radius 2 is 1.83 bits per heavy atom. The average Bonchev–Trinajstić information content (AvgIpc) is 3.36. The minimum Gasteiger partial charge on any atom is -0.490 e. The van der Waals surface area contributed by atoms with E-state index in [1.165, 1.54) is 18.3 Å². The lowest BCUT2D eigenvalue weighted by molar-refractivity contribution is 0.0899. The van der Waals surface area contributed by atoms with Gasteiger partial charge in [0.05, 0.1) is 17.1 Å². The molecule has 0 amide bonds. The maximum Gasteiger partial charge on any atom is 0.198 e. The Bertz CT molecular complexity index is 1710. The van der Waals surface area contributed by atoms with E-state index in [0.29, 0.717) is 69.8 Å². The molecule has 0 fully saturated rings. The summed E-state index contributed by atoms with van der Waals surface area (Å²) in [7, 11) is -1.31. The molecule has 0 unspecified atom stereocenters. The number of aliphatic hydroxyl groups is 1. The van der Waals surface area contributed by atoms with Crippen LogP contribution in [-0.4, -0.2) is 46.9 Å². The molecule has 0 saturated heterocycles. The van der Waals surface area contributed by atoms with Gasteiger partial charge in [0.25, 0.3) is 0 Å². The van der Waals surface area contributed by atoms with Crippen molar-refractivity contribution in [2.24, 2.45) is 0 Å². The molecule has 0 aliphatic carbocycles. The van der Waals surface area contributed by atoms with Crippen LogP contribution in [0.1, 0.15) is 44.2 Å². The smallest absolute Gasteiger partial charge is 0.198 e. The van der Waals surface area contributed by atoms with Crippen LogP contribution in [0.15, 0.2) is 48.8 Å². The van der Waals surface area contributed by atoms with Crippen LogP contribution in [0.3, 0.4) is 0 Å². The van der Waals surface area contributed by atoms with Gasteiger partial charge >= 0.3 is 0 Å². The number of ether oxygens (including phenoxy) is 3. The molecule has 7 nitrogen and oxygen atoms in total. The van der Waals surface area contributed by atoms with Crippen LogP contribution in [0, 0.1) is 23.0 Å². The SMILES string of the molecule is CC(C)Oc1ccc(-c2cn(COCC[Si](C)(C)C)c3nccc(Oc4c(F)cc(CC(=S)CCCCO)cc4F)c23)cc1C#N. The number of nitrogens with zero attached hydrogens (tertiary/aromatic N) is 3. The maximum atomic E-state index is 15.4. The van der Waals surface area contributed by atoms with E-state index in [1.807, 2.05) is 30.7 Å². The summed E-state index contributed by atoms with van der Waals surface area (Å²) in [6.07, 6.45) is 5.44. The van der Waals surface area contributed by atoms with Crippen molar-refractivity contribution in [3.8, 4) is 34.4 Å². The van der Waals surface area contributed by atoms with E-state index >= 15 is 8.78 Å². The fourth-order valence-corrected chi connectivity index (χ4v) is 6.01. The van der Waals surface area contributed by atoms with Crippen LogP contribution >= 0.6 is 12.2 Å². The number of halogens is 2. The van der Waals surface area contributed by atoms with Crippen molar-refractivity contribution in [2.75, 3.05) is 13.2 Å². The first-order chi connectivity index (χ1) is 21.9. The van der Waals surface area contributed by atoms with Crippen LogP contribution in [-0.2, 0) is 17.9 Å². The van der Waals surface area contributed by atoms with Gasteiger partial charge in [0.15, 0.2) is 17.4 Å². The number of pyridine rings is 1. The van der Waals surface area contributed by atoms with Crippen molar-refractivity contribution >= 4 is 36.2 Å². The minimum absolute atomic E-state index is 0.0776. The van der Waals surface area contributed by atoms with Crippen LogP contribution in [0.4, 0.5) is 8.78 Å². The lowest BCUT2D eigenvalue weighted by Gasteiger charge is -2.15. The first-order valence-corrected chi connectivity index (χ1v) is 19.6. The lowest BCUT2D eigenvalue weighted by Crippen LogP contribution is -2.22. The molecule has 1 N–H and O–H groups in total. The molecule has 2 heterocycles. The van der Waals surface area contributed by atoms with Gasteiger partial charge in [-0.3, -0.25) is 0 Å². The Morgan fingerprint density at radius 1 is 1.09 bits per heavy atom. The second-order valence-corrected chi connectivity index (χ2v) is 18.9. The number of thiocarbonyl (C=S) groups is 1. The second kappa shape index (κ2) is 15.7. The summed E-state index contributed by atoms with van der Waals surface area (Å²) < 4.78 is 50.5. The molecule has 0 atom stereocenters. The Kier molecular flexibility index (Phi) is 12.0. The van der Waals surface area contributed by atoms with Crippen molar-refractivity contribution < 1.29 is 28.1 Å². The third-order valence-electron chi connectivity index (χ3n) is 7.25. The summed E-state index contributed by atoms with van der Waals surface area (Å²) in [4.78, 5) is 5.25. The molecule has 0 radical (unpaired) electrons. The number of nitriles is 1. The first-order valence-electron chi connectivity index (χ1n) is 15.4. The molecule has 0 spiro atoms. The van der Waals surface area contributed by atoms with Gasteiger partial charge in [0, 0.05) is 45.7 Å². The molecule has 2 aromatic heterocycles. The van der Waals surface area contributed by atoms with E-state index in [4.69, 9.17) is 31.5 Å². The molecule has 4 aromatic rings. The molecule has 0 saturated carbocycles. The van der Waals surface area contributed by atoms with Crippen molar-refractivity contribution in [1.29, 1.82) is 5.26 Å². The van der Waals surface area contributed by atoms with E-state index in [1.54, 1.807) is 18.2 Å². The average molecular weight is 666 g/mol. The van der Waals surface area contributed by atoms with Gasteiger partial charge < -0.3 is 23.9 Å². The molecular weight excluding hydrogens is 625 g/mol. The van der Waals surface area contributed by atoms with Gasteiger partial charge in [0.1, 0.15) is 29.9 Å². The summed E-state index contributed by atoms with van der Waals surface area (Å²) in [5.74, 6) is -1.57. The van der Waals surface area contributed by atoms with Gasteiger partial charge in [-0.2, -0.15) is 5.26 Å². The summed E-state index contributed by atoms with van der Waals surface area (Å²) in [6.45, 7) is 11.5. The number of fused-ring (bicyclic) bond motifs is 1. The zero-order valence-electron chi connectivity index (χ0n) is 27.0. The highest BCUT2D eigenvalue weighted by Crippen LogP contribution is 2.40. The topological polar surface area (TPSA) is 89.5 Å².